The molecule has 0 saturated carbocycles. The van der Waals surface area contributed by atoms with Crippen molar-refractivity contribution in [2.24, 2.45) is 0 Å². The second kappa shape index (κ2) is 13.4. The summed E-state index contributed by atoms with van der Waals surface area (Å²) in [4.78, 5) is 24.1. The molecule has 0 fully saturated rings. The Hall–Kier alpha value is -2.86. The van der Waals surface area contributed by atoms with E-state index in [-0.39, 0.29) is 18.4 Å². The number of aliphatic hydroxyl groups excluding tert-OH is 1. The topological polar surface area (TPSA) is 87.7 Å². The van der Waals surface area contributed by atoms with Gasteiger partial charge in [0.25, 0.3) is 0 Å². The van der Waals surface area contributed by atoms with Gasteiger partial charge in [-0.3, -0.25) is 9.59 Å². The number of unbranched alkanes of at least 4 members (excludes halogenated alkanes) is 5. The van der Waals surface area contributed by atoms with Crippen LogP contribution in [0.4, 0.5) is 11.4 Å². The number of hydrogen-bond acceptors (Lipinski definition) is 4. The third-order valence-electron chi connectivity index (χ3n) is 4.90. The molecule has 0 aromatic heterocycles. The summed E-state index contributed by atoms with van der Waals surface area (Å²) < 4.78 is 5.23. The van der Waals surface area contributed by atoms with Crippen molar-refractivity contribution in [3.8, 4) is 5.75 Å². The maximum Gasteiger partial charge on any atom is 0.224 e. The van der Waals surface area contributed by atoms with Gasteiger partial charge in [0, 0.05) is 24.1 Å². The minimum absolute atomic E-state index is 0.000619. The summed E-state index contributed by atoms with van der Waals surface area (Å²) >= 11 is 0. The van der Waals surface area contributed by atoms with E-state index in [9.17, 15) is 14.7 Å². The van der Waals surface area contributed by atoms with Gasteiger partial charge >= 0.3 is 0 Å². The number of carbonyl (C=O) groups is 2. The zero-order chi connectivity index (χ0) is 21.6. The Balaban J connectivity index is 1.52. The number of nitrogens with one attached hydrogen (secondary N) is 2. The zero-order valence-electron chi connectivity index (χ0n) is 17.7. The van der Waals surface area contributed by atoms with Crippen molar-refractivity contribution in [3.63, 3.8) is 0 Å². The maximum atomic E-state index is 12.1. The molecular formula is C24H32N2O4. The molecule has 6 nitrogen and oxygen atoms in total. The van der Waals surface area contributed by atoms with E-state index in [0.717, 1.165) is 44.1 Å². The van der Waals surface area contributed by atoms with E-state index in [4.69, 9.17) is 4.74 Å². The summed E-state index contributed by atoms with van der Waals surface area (Å²) in [6.07, 6.45) is 6.73. The molecule has 30 heavy (non-hydrogen) atoms. The van der Waals surface area contributed by atoms with Crippen LogP contribution in [0.15, 0.2) is 48.5 Å². The van der Waals surface area contributed by atoms with E-state index in [1.54, 1.807) is 19.2 Å². The number of hydrogen-bond donors (Lipinski definition) is 3. The fourth-order valence-corrected chi connectivity index (χ4v) is 3.23. The van der Waals surface area contributed by atoms with E-state index in [1.165, 1.54) is 0 Å². The lowest BCUT2D eigenvalue weighted by molar-refractivity contribution is -0.117. The number of aliphatic hydroxyl groups is 1. The molecule has 0 unspecified atom stereocenters. The van der Waals surface area contributed by atoms with Crippen molar-refractivity contribution in [2.45, 2.75) is 58.0 Å². The predicted octanol–water partition coefficient (Wildman–Crippen LogP) is 4.89. The molecule has 2 aromatic carbocycles. The van der Waals surface area contributed by atoms with Gasteiger partial charge in [0.2, 0.25) is 11.8 Å². The first-order chi connectivity index (χ1) is 14.6. The molecule has 0 spiro atoms. The van der Waals surface area contributed by atoms with E-state index in [2.05, 4.69) is 10.6 Å². The Labute approximate surface area is 178 Å². The second-order valence-corrected chi connectivity index (χ2v) is 7.23. The van der Waals surface area contributed by atoms with Crippen LogP contribution < -0.4 is 15.4 Å². The van der Waals surface area contributed by atoms with E-state index >= 15 is 0 Å². The summed E-state index contributed by atoms with van der Waals surface area (Å²) in [5, 5.41) is 15.0. The molecule has 162 valence electrons. The van der Waals surface area contributed by atoms with Crippen molar-refractivity contribution < 1.29 is 19.4 Å². The highest BCUT2D eigenvalue weighted by molar-refractivity contribution is 5.92. The van der Waals surface area contributed by atoms with Crippen LogP contribution in [0.5, 0.6) is 5.75 Å². The number of rotatable bonds is 13. The molecule has 0 radical (unpaired) electrons. The van der Waals surface area contributed by atoms with Crippen molar-refractivity contribution in [1.29, 1.82) is 0 Å². The number of methoxy groups -OCH3 is 1. The quantitative estimate of drug-likeness (QED) is 0.409. The van der Waals surface area contributed by atoms with Crippen LogP contribution in [0.3, 0.4) is 0 Å². The van der Waals surface area contributed by atoms with Gasteiger partial charge in [0.05, 0.1) is 19.4 Å². The molecule has 0 heterocycles. The first kappa shape index (κ1) is 23.4. The number of ether oxygens (including phenoxy) is 1. The number of para-hydroxylation sites is 3. The number of anilines is 2. The lowest BCUT2D eigenvalue weighted by Crippen LogP contribution is -2.12. The monoisotopic (exact) mass is 412 g/mol. The molecule has 0 aliphatic heterocycles. The van der Waals surface area contributed by atoms with Crippen LogP contribution in [0.25, 0.3) is 0 Å². The molecule has 0 aliphatic rings. The van der Waals surface area contributed by atoms with Crippen LogP contribution in [-0.4, -0.2) is 24.0 Å². The van der Waals surface area contributed by atoms with E-state index in [1.807, 2.05) is 36.4 Å². The Kier molecular flexibility index (Phi) is 10.4. The maximum absolute atomic E-state index is 12.1. The zero-order valence-corrected chi connectivity index (χ0v) is 17.7. The number of amides is 2. The molecule has 2 rings (SSSR count). The first-order valence-corrected chi connectivity index (χ1v) is 10.6. The fraction of sp³-hybridized carbons (Fsp3) is 0.417. The molecule has 0 bridgehead atoms. The lowest BCUT2D eigenvalue weighted by Gasteiger charge is -2.10. The molecule has 3 N–H and O–H groups in total. The van der Waals surface area contributed by atoms with Crippen LogP contribution in [0, 0.1) is 0 Å². The van der Waals surface area contributed by atoms with Crippen molar-refractivity contribution in [1.82, 2.24) is 0 Å². The summed E-state index contributed by atoms with van der Waals surface area (Å²) in [6, 6.07) is 14.7. The van der Waals surface area contributed by atoms with Gasteiger partial charge in [-0.25, -0.2) is 0 Å². The molecule has 0 saturated heterocycles. The van der Waals surface area contributed by atoms with Crippen molar-refractivity contribution >= 4 is 23.2 Å². The van der Waals surface area contributed by atoms with Crippen LogP contribution in [-0.2, 0) is 16.2 Å². The van der Waals surface area contributed by atoms with Crippen LogP contribution >= 0.6 is 0 Å². The second-order valence-electron chi connectivity index (χ2n) is 7.23. The lowest BCUT2D eigenvalue weighted by atomic mass is 10.1. The van der Waals surface area contributed by atoms with Crippen LogP contribution in [0.2, 0.25) is 0 Å². The predicted molar refractivity (Wildman–Crippen MR) is 120 cm³/mol. The molecule has 0 aliphatic carbocycles. The highest BCUT2D eigenvalue weighted by Crippen LogP contribution is 2.23. The third-order valence-corrected chi connectivity index (χ3v) is 4.90. The summed E-state index contributed by atoms with van der Waals surface area (Å²) in [7, 11) is 1.59. The van der Waals surface area contributed by atoms with Gasteiger partial charge in [-0.1, -0.05) is 56.0 Å². The van der Waals surface area contributed by atoms with E-state index < -0.39 is 0 Å². The van der Waals surface area contributed by atoms with Gasteiger partial charge in [-0.05, 0) is 31.0 Å². The fourth-order valence-electron chi connectivity index (χ4n) is 3.23. The third kappa shape index (κ3) is 8.25. The van der Waals surface area contributed by atoms with E-state index in [0.29, 0.717) is 30.0 Å². The smallest absolute Gasteiger partial charge is 0.224 e. The van der Waals surface area contributed by atoms with Gasteiger partial charge in [-0.2, -0.15) is 0 Å². The Morgan fingerprint density at radius 3 is 1.87 bits per heavy atom. The average Bonchev–Trinajstić information content (AvgIpc) is 2.76. The van der Waals surface area contributed by atoms with Crippen molar-refractivity contribution in [3.05, 3.63) is 54.1 Å². The SMILES string of the molecule is COc1ccccc1NC(=O)CCCCCCCCC(=O)Nc1ccccc1CO. The molecular weight excluding hydrogens is 380 g/mol. The Bertz CT molecular complexity index is 740. The first-order valence-electron chi connectivity index (χ1n) is 10.6. The normalized spacial score (nSPS) is 10.5. The average molecular weight is 413 g/mol. The Morgan fingerprint density at radius 1 is 0.767 bits per heavy atom. The van der Waals surface area contributed by atoms with Crippen molar-refractivity contribution in [2.75, 3.05) is 17.7 Å². The van der Waals surface area contributed by atoms with Gasteiger partial charge in [0.15, 0.2) is 0 Å². The standard InChI is InChI=1S/C24H32N2O4/c1-30-22-15-11-10-14-21(22)26-24(29)17-7-5-3-2-4-6-16-23(28)25-20-13-9-8-12-19(20)18-27/h8-15,27H,2-7,16-18H2,1H3,(H,25,28)(H,26,29). The van der Waals surface area contributed by atoms with Crippen LogP contribution in [0.1, 0.15) is 56.9 Å². The molecule has 0 atom stereocenters. The summed E-state index contributed by atoms with van der Waals surface area (Å²) in [5.41, 5.74) is 2.10. The molecule has 6 heteroatoms. The van der Waals surface area contributed by atoms with Gasteiger partial charge < -0.3 is 20.5 Å². The number of benzene rings is 2. The molecule has 2 aromatic rings. The van der Waals surface area contributed by atoms with Gasteiger partial charge in [-0.15, -0.1) is 0 Å². The molecule has 2 amide bonds. The summed E-state index contributed by atoms with van der Waals surface area (Å²) in [6.45, 7) is -0.0899. The Morgan fingerprint density at radius 2 is 1.27 bits per heavy atom. The minimum atomic E-state index is -0.0899. The largest absolute Gasteiger partial charge is 0.495 e. The van der Waals surface area contributed by atoms with Gasteiger partial charge in [0.1, 0.15) is 5.75 Å². The highest BCUT2D eigenvalue weighted by atomic mass is 16.5. The highest BCUT2D eigenvalue weighted by Gasteiger charge is 2.07. The summed E-state index contributed by atoms with van der Waals surface area (Å²) in [5.74, 6) is 0.637. The number of carbonyl (C=O) groups excluding carboxylic acids is 2. The minimum Gasteiger partial charge on any atom is -0.495 e.